The first-order valence-electron chi connectivity index (χ1n) is 8.16. The van der Waals surface area contributed by atoms with Gasteiger partial charge in [-0.3, -0.25) is 9.59 Å². The highest BCUT2D eigenvalue weighted by Gasteiger charge is 2.27. The first-order chi connectivity index (χ1) is 11.0. The summed E-state index contributed by atoms with van der Waals surface area (Å²) in [5.41, 5.74) is 7.39. The van der Waals surface area contributed by atoms with E-state index in [9.17, 15) is 9.59 Å². The van der Waals surface area contributed by atoms with Crippen molar-refractivity contribution in [1.29, 1.82) is 0 Å². The van der Waals surface area contributed by atoms with E-state index >= 15 is 0 Å². The molecule has 3 rings (SSSR count). The van der Waals surface area contributed by atoms with Gasteiger partial charge in [0.25, 0.3) is 5.91 Å². The molecule has 0 aliphatic carbocycles. The van der Waals surface area contributed by atoms with Crippen LogP contribution in [0.25, 0.3) is 0 Å². The Hall–Kier alpha value is -1.53. The van der Waals surface area contributed by atoms with Crippen molar-refractivity contribution in [2.45, 2.75) is 37.1 Å². The lowest BCUT2D eigenvalue weighted by molar-refractivity contribution is -0.115. The van der Waals surface area contributed by atoms with Gasteiger partial charge in [0, 0.05) is 41.8 Å². The van der Waals surface area contributed by atoms with Gasteiger partial charge >= 0.3 is 0 Å². The number of hydrogen-bond acceptors (Lipinski definition) is 4. The van der Waals surface area contributed by atoms with E-state index in [0.717, 1.165) is 35.7 Å². The van der Waals surface area contributed by atoms with Gasteiger partial charge < -0.3 is 16.0 Å². The quantitative estimate of drug-likeness (QED) is 0.871. The predicted octanol–water partition coefficient (Wildman–Crippen LogP) is 2.32. The number of piperidine rings is 1. The summed E-state index contributed by atoms with van der Waals surface area (Å²) < 4.78 is 0. The van der Waals surface area contributed by atoms with Crippen molar-refractivity contribution in [3.05, 3.63) is 23.8 Å². The highest BCUT2D eigenvalue weighted by molar-refractivity contribution is 7.99. The fraction of sp³-hybridized carbons (Fsp3) is 0.529. The molecule has 6 heteroatoms. The number of amides is 2. The summed E-state index contributed by atoms with van der Waals surface area (Å²) in [7, 11) is 0. The second kappa shape index (κ2) is 6.93. The van der Waals surface area contributed by atoms with Crippen LogP contribution in [-0.4, -0.2) is 41.6 Å². The monoisotopic (exact) mass is 333 g/mol. The van der Waals surface area contributed by atoms with E-state index in [-0.39, 0.29) is 17.9 Å². The van der Waals surface area contributed by atoms with E-state index in [4.69, 9.17) is 5.73 Å². The fourth-order valence-electron chi connectivity index (χ4n) is 3.16. The summed E-state index contributed by atoms with van der Waals surface area (Å²) in [5.74, 6) is 1.18. The molecule has 0 aromatic heterocycles. The molecule has 1 fully saturated rings. The number of fused-ring (bicyclic) bond motifs is 1. The Morgan fingerprint density at radius 1 is 1.48 bits per heavy atom. The van der Waals surface area contributed by atoms with E-state index in [2.05, 4.69) is 5.32 Å². The van der Waals surface area contributed by atoms with Gasteiger partial charge in [-0.05, 0) is 43.9 Å². The molecule has 1 saturated heterocycles. The molecular weight excluding hydrogens is 310 g/mol. The van der Waals surface area contributed by atoms with Crippen molar-refractivity contribution < 1.29 is 9.59 Å². The Morgan fingerprint density at radius 3 is 3.09 bits per heavy atom. The smallest absolute Gasteiger partial charge is 0.253 e. The van der Waals surface area contributed by atoms with Crippen molar-refractivity contribution in [2.24, 2.45) is 11.7 Å². The van der Waals surface area contributed by atoms with Crippen molar-refractivity contribution in [3.8, 4) is 0 Å². The molecule has 2 aliphatic rings. The molecule has 0 radical (unpaired) electrons. The molecule has 2 unspecified atom stereocenters. The molecule has 3 N–H and O–H groups in total. The summed E-state index contributed by atoms with van der Waals surface area (Å²) in [6.07, 6.45) is 2.58. The molecule has 5 nitrogen and oxygen atoms in total. The minimum Gasteiger partial charge on any atom is -0.338 e. The van der Waals surface area contributed by atoms with Crippen LogP contribution in [0.5, 0.6) is 0 Å². The Kier molecular flexibility index (Phi) is 4.92. The topological polar surface area (TPSA) is 75.4 Å². The molecule has 0 bridgehead atoms. The summed E-state index contributed by atoms with van der Waals surface area (Å²) in [5, 5.41) is 2.90. The number of anilines is 1. The van der Waals surface area contributed by atoms with E-state index in [1.54, 1.807) is 11.8 Å². The summed E-state index contributed by atoms with van der Waals surface area (Å²) in [6, 6.07) is 5.71. The van der Waals surface area contributed by atoms with Crippen LogP contribution in [0.1, 0.15) is 36.5 Å². The number of nitrogens with two attached hydrogens (primary N) is 1. The molecule has 0 saturated carbocycles. The lowest BCUT2D eigenvalue weighted by atomic mass is 9.92. The molecule has 1 aromatic rings. The molecule has 0 spiro atoms. The molecule has 23 heavy (non-hydrogen) atoms. The van der Waals surface area contributed by atoms with Crippen molar-refractivity contribution in [1.82, 2.24) is 4.90 Å². The number of benzene rings is 1. The number of carbonyl (C=O) groups is 2. The zero-order chi connectivity index (χ0) is 16.4. The van der Waals surface area contributed by atoms with Crippen molar-refractivity contribution in [2.75, 3.05) is 24.2 Å². The van der Waals surface area contributed by atoms with Crippen LogP contribution < -0.4 is 11.1 Å². The van der Waals surface area contributed by atoms with Crippen LogP contribution in [-0.2, 0) is 4.79 Å². The first kappa shape index (κ1) is 16.3. The van der Waals surface area contributed by atoms with E-state index in [1.165, 1.54) is 0 Å². The third kappa shape index (κ3) is 3.70. The average molecular weight is 333 g/mol. The van der Waals surface area contributed by atoms with Crippen LogP contribution >= 0.6 is 11.8 Å². The lowest BCUT2D eigenvalue weighted by Crippen LogP contribution is -2.45. The normalized spacial score (nSPS) is 22.8. The van der Waals surface area contributed by atoms with Gasteiger partial charge in [0.2, 0.25) is 5.91 Å². The van der Waals surface area contributed by atoms with Gasteiger partial charge in [0.15, 0.2) is 0 Å². The van der Waals surface area contributed by atoms with Gasteiger partial charge in [-0.15, -0.1) is 11.8 Å². The van der Waals surface area contributed by atoms with Crippen LogP contribution in [0, 0.1) is 5.92 Å². The highest BCUT2D eigenvalue weighted by atomic mass is 32.2. The molecule has 124 valence electrons. The van der Waals surface area contributed by atoms with Gasteiger partial charge in [-0.25, -0.2) is 0 Å². The third-order valence-electron chi connectivity index (χ3n) is 4.58. The molecule has 2 atom stereocenters. The number of nitrogens with one attached hydrogen (secondary N) is 1. The van der Waals surface area contributed by atoms with Gasteiger partial charge in [-0.2, -0.15) is 0 Å². The Bertz CT molecular complexity index is 618. The summed E-state index contributed by atoms with van der Waals surface area (Å²) in [6.45, 7) is 3.50. The summed E-state index contributed by atoms with van der Waals surface area (Å²) in [4.78, 5) is 27.4. The van der Waals surface area contributed by atoms with Crippen molar-refractivity contribution >= 4 is 29.3 Å². The van der Waals surface area contributed by atoms with Crippen molar-refractivity contribution in [3.63, 3.8) is 0 Å². The van der Waals surface area contributed by atoms with Crippen LogP contribution in [0.15, 0.2) is 23.1 Å². The molecule has 2 heterocycles. The standard InChI is InChI=1S/C17H23N3O2S/c1-11(18)13-3-2-7-20(10-13)17(22)12-4-5-15-14(9-12)19-16(21)6-8-23-15/h4-5,9,11,13H,2-3,6-8,10,18H2,1H3,(H,19,21). The molecule has 2 amide bonds. The average Bonchev–Trinajstić information content (AvgIpc) is 2.74. The predicted molar refractivity (Wildman–Crippen MR) is 92.7 cm³/mol. The zero-order valence-corrected chi connectivity index (χ0v) is 14.2. The number of nitrogens with zero attached hydrogens (tertiary/aromatic N) is 1. The SMILES string of the molecule is CC(N)C1CCCN(C(=O)c2ccc3c(c2)NC(=O)CCS3)C1. The largest absolute Gasteiger partial charge is 0.338 e. The van der Waals surface area contributed by atoms with Crippen LogP contribution in [0.2, 0.25) is 0 Å². The zero-order valence-electron chi connectivity index (χ0n) is 13.4. The maximum Gasteiger partial charge on any atom is 0.253 e. The number of hydrogen-bond donors (Lipinski definition) is 2. The minimum atomic E-state index is 0.0100. The van der Waals surface area contributed by atoms with Crippen LogP contribution in [0.4, 0.5) is 5.69 Å². The second-order valence-corrected chi connectivity index (χ2v) is 7.51. The molecule has 2 aliphatic heterocycles. The number of rotatable bonds is 2. The summed E-state index contributed by atoms with van der Waals surface area (Å²) >= 11 is 1.65. The van der Waals surface area contributed by atoms with Gasteiger partial charge in [-0.1, -0.05) is 0 Å². The number of carbonyl (C=O) groups excluding carboxylic acids is 2. The van der Waals surface area contributed by atoms with E-state index < -0.39 is 0 Å². The number of thioether (sulfide) groups is 1. The Labute approximate surface area is 141 Å². The van der Waals surface area contributed by atoms with E-state index in [0.29, 0.717) is 24.4 Å². The van der Waals surface area contributed by atoms with Gasteiger partial charge in [0.1, 0.15) is 0 Å². The highest BCUT2D eigenvalue weighted by Crippen LogP contribution is 2.32. The Balaban J connectivity index is 1.78. The van der Waals surface area contributed by atoms with Gasteiger partial charge in [0.05, 0.1) is 5.69 Å². The molecular formula is C17H23N3O2S. The van der Waals surface area contributed by atoms with Crippen LogP contribution in [0.3, 0.4) is 0 Å². The second-order valence-electron chi connectivity index (χ2n) is 6.37. The maximum absolute atomic E-state index is 12.8. The third-order valence-corrected chi connectivity index (χ3v) is 5.65. The lowest BCUT2D eigenvalue weighted by Gasteiger charge is -2.34. The maximum atomic E-state index is 12.8. The number of likely N-dealkylation sites (tertiary alicyclic amines) is 1. The Morgan fingerprint density at radius 2 is 2.30 bits per heavy atom. The molecule has 1 aromatic carbocycles. The fourth-order valence-corrected chi connectivity index (χ4v) is 4.10. The van der Waals surface area contributed by atoms with E-state index in [1.807, 2.05) is 30.0 Å². The minimum absolute atomic E-state index is 0.0100. The first-order valence-corrected chi connectivity index (χ1v) is 9.14.